The van der Waals surface area contributed by atoms with Crippen LogP contribution in [0.15, 0.2) is 60.8 Å². The Hall–Kier alpha value is -3.36. The summed E-state index contributed by atoms with van der Waals surface area (Å²) in [4.78, 5) is 31.6. The number of para-hydroxylation sites is 1. The zero-order valence-corrected chi connectivity index (χ0v) is 20.8. The van der Waals surface area contributed by atoms with Gasteiger partial charge in [0.05, 0.1) is 0 Å². The molecule has 4 rings (SSSR count). The highest BCUT2D eigenvalue weighted by atomic mass is 16.2. The summed E-state index contributed by atoms with van der Waals surface area (Å²) in [6.45, 7) is 3.93. The van der Waals surface area contributed by atoms with E-state index in [4.69, 9.17) is 5.73 Å². The zero-order chi connectivity index (χ0) is 25.2. The van der Waals surface area contributed by atoms with Gasteiger partial charge in [-0.3, -0.25) is 9.69 Å². The third-order valence-electron chi connectivity index (χ3n) is 6.82. The predicted octanol–water partition coefficient (Wildman–Crippen LogP) is 2.90. The Morgan fingerprint density at radius 3 is 2.56 bits per heavy atom. The molecule has 6 N–H and O–H groups in total. The Morgan fingerprint density at radius 2 is 1.78 bits per heavy atom. The van der Waals surface area contributed by atoms with Crippen molar-refractivity contribution in [2.45, 2.75) is 50.7 Å². The largest absolute Gasteiger partial charge is 0.361 e. The number of rotatable bonds is 11. The number of fused-ring (bicyclic) bond motifs is 1. The van der Waals surface area contributed by atoms with E-state index >= 15 is 0 Å². The number of likely N-dealkylation sites (tertiary alicyclic amines) is 1. The average molecular weight is 491 g/mol. The van der Waals surface area contributed by atoms with Gasteiger partial charge in [-0.25, -0.2) is 4.79 Å². The Labute approximate surface area is 213 Å². The lowest BCUT2D eigenvalue weighted by atomic mass is 10.0. The molecule has 3 amide bonds. The first kappa shape index (κ1) is 25.7. The van der Waals surface area contributed by atoms with E-state index in [0.29, 0.717) is 19.5 Å². The van der Waals surface area contributed by atoms with Gasteiger partial charge in [0.2, 0.25) is 5.91 Å². The van der Waals surface area contributed by atoms with E-state index in [1.807, 2.05) is 36.5 Å². The quantitative estimate of drug-likeness (QED) is 0.266. The summed E-state index contributed by atoms with van der Waals surface area (Å²) in [6, 6.07) is 17.6. The predicted molar refractivity (Wildman–Crippen MR) is 143 cm³/mol. The van der Waals surface area contributed by atoms with E-state index in [1.54, 1.807) is 0 Å². The highest BCUT2D eigenvalue weighted by molar-refractivity contribution is 5.89. The number of nitrogens with two attached hydrogens (primary N) is 1. The van der Waals surface area contributed by atoms with Gasteiger partial charge in [-0.05, 0) is 49.4 Å². The summed E-state index contributed by atoms with van der Waals surface area (Å²) in [5.74, 6) is -0.176. The second kappa shape index (κ2) is 13.1. The van der Waals surface area contributed by atoms with E-state index in [2.05, 4.69) is 50.1 Å². The summed E-state index contributed by atoms with van der Waals surface area (Å²) in [5, 5.41) is 10.1. The van der Waals surface area contributed by atoms with Gasteiger partial charge in [0.1, 0.15) is 6.04 Å². The van der Waals surface area contributed by atoms with E-state index < -0.39 is 6.04 Å². The minimum Gasteiger partial charge on any atom is -0.361 e. The standard InChI is InChI=1S/C28H38N6O2/c29-14-6-7-15-30-27(35)26(18-22-19-31-25-11-5-4-10-24(22)25)33-28(36)32-23-12-16-34(17-13-23)20-21-8-2-1-3-9-21/h1-5,8-11,19,23,26,31H,6-7,12-18,20,29H2,(H,30,35)(H2,32,33,36)/t26-/m0/s1. The summed E-state index contributed by atoms with van der Waals surface area (Å²) in [6.07, 6.45) is 5.77. The van der Waals surface area contributed by atoms with Crippen LogP contribution in [0.2, 0.25) is 0 Å². The van der Waals surface area contributed by atoms with Crippen LogP contribution in [-0.4, -0.2) is 60.1 Å². The first-order valence-corrected chi connectivity index (χ1v) is 13.0. The minimum atomic E-state index is -0.666. The van der Waals surface area contributed by atoms with Crippen LogP contribution in [0.25, 0.3) is 10.9 Å². The number of H-pyrrole nitrogens is 1. The van der Waals surface area contributed by atoms with E-state index in [1.165, 1.54) is 5.56 Å². The number of hydrogen-bond acceptors (Lipinski definition) is 4. The van der Waals surface area contributed by atoms with Gasteiger partial charge >= 0.3 is 6.03 Å². The van der Waals surface area contributed by atoms with Gasteiger partial charge in [-0.15, -0.1) is 0 Å². The summed E-state index contributed by atoms with van der Waals surface area (Å²) in [5.41, 5.74) is 8.89. The summed E-state index contributed by atoms with van der Waals surface area (Å²) >= 11 is 0. The molecule has 0 bridgehead atoms. The molecule has 192 valence electrons. The molecular weight excluding hydrogens is 452 g/mol. The maximum atomic E-state index is 13.0. The monoisotopic (exact) mass is 490 g/mol. The second-order valence-corrected chi connectivity index (χ2v) is 9.56. The number of urea groups is 1. The van der Waals surface area contributed by atoms with Crippen molar-refractivity contribution in [1.82, 2.24) is 25.8 Å². The van der Waals surface area contributed by atoms with Crippen LogP contribution in [0.4, 0.5) is 4.79 Å². The number of carbonyl (C=O) groups is 2. The Balaban J connectivity index is 1.31. The van der Waals surface area contributed by atoms with Crippen molar-refractivity contribution in [3.63, 3.8) is 0 Å². The van der Waals surface area contributed by atoms with Crippen molar-refractivity contribution in [2.75, 3.05) is 26.2 Å². The normalized spacial score (nSPS) is 15.5. The van der Waals surface area contributed by atoms with Crippen LogP contribution in [0, 0.1) is 0 Å². The van der Waals surface area contributed by atoms with Gasteiger partial charge in [0, 0.05) is 55.7 Å². The van der Waals surface area contributed by atoms with E-state index in [0.717, 1.165) is 61.8 Å². The summed E-state index contributed by atoms with van der Waals surface area (Å²) in [7, 11) is 0. The number of benzene rings is 2. The third kappa shape index (κ3) is 7.32. The van der Waals surface area contributed by atoms with Crippen molar-refractivity contribution in [1.29, 1.82) is 0 Å². The minimum absolute atomic E-state index is 0.0957. The maximum absolute atomic E-state index is 13.0. The molecule has 0 saturated carbocycles. The topological polar surface area (TPSA) is 115 Å². The Morgan fingerprint density at radius 1 is 1.03 bits per heavy atom. The van der Waals surface area contributed by atoms with Crippen molar-refractivity contribution in [2.24, 2.45) is 5.73 Å². The molecule has 1 saturated heterocycles. The van der Waals surface area contributed by atoms with Crippen LogP contribution in [0.3, 0.4) is 0 Å². The van der Waals surface area contributed by atoms with Gasteiger partial charge in [0.25, 0.3) is 0 Å². The van der Waals surface area contributed by atoms with Crippen LogP contribution >= 0.6 is 0 Å². The molecule has 1 aliphatic rings. The van der Waals surface area contributed by atoms with Crippen molar-refractivity contribution < 1.29 is 9.59 Å². The first-order valence-electron chi connectivity index (χ1n) is 13.0. The average Bonchev–Trinajstić information content (AvgIpc) is 3.31. The fourth-order valence-electron chi connectivity index (χ4n) is 4.80. The Bertz CT molecular complexity index is 1110. The second-order valence-electron chi connectivity index (χ2n) is 9.56. The molecule has 2 aromatic carbocycles. The number of hydrogen-bond donors (Lipinski definition) is 5. The molecule has 0 unspecified atom stereocenters. The highest BCUT2D eigenvalue weighted by Gasteiger charge is 2.25. The number of carbonyl (C=O) groups excluding carboxylic acids is 2. The number of nitrogens with one attached hydrogen (secondary N) is 4. The van der Waals surface area contributed by atoms with Gasteiger partial charge < -0.3 is 26.7 Å². The molecule has 3 aromatic rings. The maximum Gasteiger partial charge on any atom is 0.315 e. The smallest absolute Gasteiger partial charge is 0.315 e. The van der Waals surface area contributed by atoms with Crippen molar-refractivity contribution >= 4 is 22.8 Å². The number of nitrogens with zero attached hydrogens (tertiary/aromatic N) is 1. The van der Waals surface area contributed by atoms with E-state index in [-0.39, 0.29) is 18.0 Å². The van der Waals surface area contributed by atoms with Crippen molar-refractivity contribution in [3.8, 4) is 0 Å². The van der Waals surface area contributed by atoms with Crippen LogP contribution < -0.4 is 21.7 Å². The molecule has 2 heterocycles. The summed E-state index contributed by atoms with van der Waals surface area (Å²) < 4.78 is 0. The van der Waals surface area contributed by atoms with E-state index in [9.17, 15) is 9.59 Å². The fourth-order valence-corrected chi connectivity index (χ4v) is 4.80. The van der Waals surface area contributed by atoms with Gasteiger partial charge in [-0.2, -0.15) is 0 Å². The molecule has 1 aromatic heterocycles. The van der Waals surface area contributed by atoms with Crippen LogP contribution in [-0.2, 0) is 17.8 Å². The molecule has 0 radical (unpaired) electrons. The fraction of sp³-hybridized carbons (Fsp3) is 0.429. The molecule has 36 heavy (non-hydrogen) atoms. The number of unbranched alkanes of at least 4 members (excludes halogenated alkanes) is 1. The molecule has 1 aliphatic heterocycles. The first-order chi connectivity index (χ1) is 17.6. The Kier molecular flexibility index (Phi) is 9.35. The van der Waals surface area contributed by atoms with Crippen LogP contribution in [0.5, 0.6) is 0 Å². The molecule has 0 spiro atoms. The molecule has 0 aliphatic carbocycles. The highest BCUT2D eigenvalue weighted by Crippen LogP contribution is 2.19. The van der Waals surface area contributed by atoms with Gasteiger partial charge in [0.15, 0.2) is 0 Å². The zero-order valence-electron chi connectivity index (χ0n) is 20.8. The lowest BCUT2D eigenvalue weighted by Crippen LogP contribution is -2.54. The van der Waals surface area contributed by atoms with Crippen molar-refractivity contribution in [3.05, 3.63) is 71.9 Å². The molecule has 8 heteroatoms. The molecule has 8 nitrogen and oxygen atoms in total. The molecule has 1 atom stereocenters. The van der Waals surface area contributed by atoms with Gasteiger partial charge in [-0.1, -0.05) is 48.5 Å². The lowest BCUT2D eigenvalue weighted by molar-refractivity contribution is -0.122. The SMILES string of the molecule is NCCCCNC(=O)[C@H](Cc1c[nH]c2ccccc12)NC(=O)NC1CCN(Cc2ccccc2)CC1. The number of amides is 3. The number of aromatic nitrogens is 1. The number of aromatic amines is 1. The third-order valence-corrected chi connectivity index (χ3v) is 6.82. The van der Waals surface area contributed by atoms with Crippen LogP contribution in [0.1, 0.15) is 36.8 Å². The lowest BCUT2D eigenvalue weighted by Gasteiger charge is -2.32. The number of piperidine rings is 1. The molecular formula is C28H38N6O2. The molecule has 1 fully saturated rings.